The Morgan fingerprint density at radius 1 is 0.957 bits per heavy atom. The van der Waals surface area contributed by atoms with E-state index in [-0.39, 0.29) is 11.1 Å². The summed E-state index contributed by atoms with van der Waals surface area (Å²) in [5.41, 5.74) is -0.907. The summed E-state index contributed by atoms with van der Waals surface area (Å²) in [7, 11) is -3.43. The summed E-state index contributed by atoms with van der Waals surface area (Å²) in [6.45, 7) is 0. The molecule has 124 valence electrons. The summed E-state index contributed by atoms with van der Waals surface area (Å²) in [5, 5.41) is 0. The highest BCUT2D eigenvalue weighted by Gasteiger charge is 2.27. The Bertz CT molecular complexity index is 757. The third kappa shape index (κ3) is 3.55. The van der Waals surface area contributed by atoms with Crippen molar-refractivity contribution in [1.82, 2.24) is 0 Å². The molecule has 0 fully saturated rings. The molecule has 2 aromatic carbocycles. The van der Waals surface area contributed by atoms with Gasteiger partial charge in [-0.3, -0.25) is 4.57 Å². The minimum Gasteiger partial charge on any atom is -0.491 e. The van der Waals surface area contributed by atoms with Crippen LogP contribution in [-0.4, -0.2) is 16.9 Å². The Kier molecular flexibility index (Phi) is 4.79. The quantitative estimate of drug-likeness (QED) is 0.502. The molecule has 0 aliphatic rings. The van der Waals surface area contributed by atoms with Gasteiger partial charge in [0, 0.05) is 0 Å². The van der Waals surface area contributed by atoms with Crippen LogP contribution < -0.4 is 4.74 Å². The Morgan fingerprint density at radius 3 is 1.83 bits per heavy atom. The van der Waals surface area contributed by atoms with Crippen LogP contribution in [0.15, 0.2) is 24.3 Å². The molecular formula is C14H11F4O4P. The Hall–Kier alpha value is -1.89. The lowest BCUT2D eigenvalue weighted by molar-refractivity contribution is 0.334. The fourth-order valence-corrected chi connectivity index (χ4v) is 2.75. The van der Waals surface area contributed by atoms with Crippen molar-refractivity contribution in [2.24, 2.45) is 0 Å². The predicted octanol–water partition coefficient (Wildman–Crippen LogP) is 3.60. The fourth-order valence-electron chi connectivity index (χ4n) is 2.06. The smallest absolute Gasteiger partial charge is 0.329 e. The van der Waals surface area contributed by atoms with Crippen molar-refractivity contribution in [1.29, 1.82) is 0 Å². The topological polar surface area (TPSA) is 66.8 Å². The molecule has 0 aliphatic heterocycles. The fraction of sp³-hybridized carbons (Fsp3) is 0.143. The molecule has 0 aromatic heterocycles. The van der Waals surface area contributed by atoms with E-state index < -0.39 is 48.3 Å². The number of ether oxygens (including phenoxy) is 1. The summed E-state index contributed by atoms with van der Waals surface area (Å²) in [6.07, 6.45) is -0.566. The van der Waals surface area contributed by atoms with Crippen LogP contribution in [0.25, 0.3) is 11.1 Å². The molecule has 0 spiro atoms. The third-order valence-corrected chi connectivity index (χ3v) is 3.84. The number of benzene rings is 2. The standard InChI is InChI=1S/C14H11F4O4P/c1-22-14-12(17)10(15)9(11(16)13(14)18)8-4-2-7(3-5-8)6-23(19,20)21/h2-5H,6H2,1H3,(H2,19,20,21). The summed E-state index contributed by atoms with van der Waals surface area (Å²) >= 11 is 0. The van der Waals surface area contributed by atoms with E-state index in [2.05, 4.69) is 4.74 Å². The summed E-state index contributed by atoms with van der Waals surface area (Å²) in [5.74, 6) is -7.74. The van der Waals surface area contributed by atoms with Crippen LogP contribution >= 0.6 is 7.60 Å². The molecule has 0 heterocycles. The summed E-state index contributed by atoms with van der Waals surface area (Å²) in [6, 6.07) is 4.62. The van der Waals surface area contributed by atoms with E-state index in [9.17, 15) is 22.1 Å². The second-order valence-electron chi connectivity index (χ2n) is 4.68. The first kappa shape index (κ1) is 17.5. The van der Waals surface area contributed by atoms with Gasteiger partial charge in [-0.2, -0.15) is 8.78 Å². The molecule has 2 N–H and O–H groups in total. The van der Waals surface area contributed by atoms with E-state index in [1.807, 2.05) is 0 Å². The van der Waals surface area contributed by atoms with Crippen LogP contribution in [0, 0.1) is 23.3 Å². The molecular weight excluding hydrogens is 339 g/mol. The molecule has 4 nitrogen and oxygen atoms in total. The Balaban J connectivity index is 2.53. The van der Waals surface area contributed by atoms with Gasteiger partial charge in [-0.15, -0.1) is 0 Å². The average molecular weight is 350 g/mol. The van der Waals surface area contributed by atoms with Gasteiger partial charge in [-0.05, 0) is 11.1 Å². The molecule has 9 heteroatoms. The van der Waals surface area contributed by atoms with Gasteiger partial charge in [-0.25, -0.2) is 8.78 Å². The lowest BCUT2D eigenvalue weighted by Crippen LogP contribution is -2.03. The van der Waals surface area contributed by atoms with E-state index >= 15 is 0 Å². The van der Waals surface area contributed by atoms with Crippen molar-refractivity contribution < 1.29 is 36.7 Å². The van der Waals surface area contributed by atoms with Gasteiger partial charge in [0.15, 0.2) is 17.4 Å². The van der Waals surface area contributed by atoms with Gasteiger partial charge >= 0.3 is 7.60 Å². The first-order valence-corrected chi connectivity index (χ1v) is 7.99. The first-order chi connectivity index (χ1) is 10.7. The SMILES string of the molecule is COc1c(F)c(F)c(-c2ccc(CP(=O)(O)O)cc2)c(F)c1F. The number of methoxy groups -OCH3 is 1. The van der Waals surface area contributed by atoms with Crippen molar-refractivity contribution >= 4 is 7.60 Å². The van der Waals surface area contributed by atoms with Gasteiger partial charge in [0.2, 0.25) is 11.6 Å². The van der Waals surface area contributed by atoms with Crippen LogP contribution in [0.2, 0.25) is 0 Å². The summed E-state index contributed by atoms with van der Waals surface area (Å²) < 4.78 is 70.5. The lowest BCUT2D eigenvalue weighted by Gasteiger charge is -2.12. The van der Waals surface area contributed by atoms with Gasteiger partial charge in [0.1, 0.15) is 0 Å². The van der Waals surface area contributed by atoms with E-state index in [4.69, 9.17) is 9.79 Å². The second-order valence-corrected chi connectivity index (χ2v) is 6.33. The van der Waals surface area contributed by atoms with Gasteiger partial charge < -0.3 is 14.5 Å². The zero-order chi connectivity index (χ0) is 17.4. The molecule has 0 bridgehead atoms. The average Bonchev–Trinajstić information content (AvgIpc) is 2.46. The Morgan fingerprint density at radius 2 is 1.43 bits per heavy atom. The number of halogens is 4. The van der Waals surface area contributed by atoms with Crippen LogP contribution in [-0.2, 0) is 10.7 Å². The van der Waals surface area contributed by atoms with E-state index in [0.29, 0.717) is 0 Å². The first-order valence-electron chi connectivity index (χ1n) is 6.19. The molecule has 23 heavy (non-hydrogen) atoms. The van der Waals surface area contributed by atoms with Crippen molar-refractivity contribution in [3.63, 3.8) is 0 Å². The van der Waals surface area contributed by atoms with Crippen molar-refractivity contribution in [2.45, 2.75) is 6.16 Å². The van der Waals surface area contributed by atoms with E-state index in [1.165, 1.54) is 12.1 Å². The zero-order valence-electron chi connectivity index (χ0n) is 11.7. The second kappa shape index (κ2) is 6.31. The minimum absolute atomic E-state index is 0.185. The zero-order valence-corrected chi connectivity index (χ0v) is 12.6. The normalized spacial score (nSPS) is 11.6. The molecule has 0 unspecified atom stereocenters. The maximum atomic E-state index is 14.0. The van der Waals surface area contributed by atoms with Crippen LogP contribution in [0.3, 0.4) is 0 Å². The molecule has 0 saturated carbocycles. The highest BCUT2D eigenvalue weighted by Crippen LogP contribution is 2.40. The summed E-state index contributed by atoms with van der Waals surface area (Å²) in [4.78, 5) is 17.7. The highest BCUT2D eigenvalue weighted by molar-refractivity contribution is 7.50. The van der Waals surface area contributed by atoms with E-state index in [0.717, 1.165) is 19.2 Å². The van der Waals surface area contributed by atoms with Crippen LogP contribution in [0.1, 0.15) is 5.56 Å². The van der Waals surface area contributed by atoms with Gasteiger partial charge in [-0.1, -0.05) is 24.3 Å². The number of hydrogen-bond donors (Lipinski definition) is 2. The largest absolute Gasteiger partial charge is 0.491 e. The van der Waals surface area contributed by atoms with E-state index in [1.54, 1.807) is 0 Å². The van der Waals surface area contributed by atoms with Gasteiger partial charge in [0.25, 0.3) is 0 Å². The molecule has 2 aromatic rings. The lowest BCUT2D eigenvalue weighted by atomic mass is 10.0. The highest BCUT2D eigenvalue weighted by atomic mass is 31.2. The van der Waals surface area contributed by atoms with Crippen molar-refractivity contribution in [3.8, 4) is 16.9 Å². The maximum Gasteiger partial charge on any atom is 0.329 e. The molecule has 0 amide bonds. The molecule has 0 saturated heterocycles. The van der Waals surface area contributed by atoms with Gasteiger partial charge in [0.05, 0.1) is 18.8 Å². The molecule has 0 aliphatic carbocycles. The Labute approximate surface area is 128 Å². The maximum absolute atomic E-state index is 14.0. The third-order valence-electron chi connectivity index (χ3n) is 3.06. The van der Waals surface area contributed by atoms with Crippen LogP contribution in [0.4, 0.5) is 17.6 Å². The molecule has 0 radical (unpaired) electrons. The predicted molar refractivity (Wildman–Crippen MR) is 74.0 cm³/mol. The molecule has 0 atom stereocenters. The monoisotopic (exact) mass is 350 g/mol. The van der Waals surface area contributed by atoms with Crippen molar-refractivity contribution in [3.05, 3.63) is 53.1 Å². The minimum atomic E-state index is -4.30. The van der Waals surface area contributed by atoms with Crippen LogP contribution in [0.5, 0.6) is 5.75 Å². The van der Waals surface area contributed by atoms with Crippen molar-refractivity contribution in [2.75, 3.05) is 7.11 Å². The molecule has 2 rings (SSSR count). The number of hydrogen-bond acceptors (Lipinski definition) is 2. The number of rotatable bonds is 4.